The van der Waals surface area contributed by atoms with Crippen molar-refractivity contribution < 1.29 is 4.42 Å². The third-order valence-corrected chi connectivity index (χ3v) is 1.92. The van der Waals surface area contributed by atoms with E-state index in [-0.39, 0.29) is 0 Å². The van der Waals surface area contributed by atoms with Gasteiger partial charge in [0.25, 0.3) is 0 Å². The molecule has 0 bridgehead atoms. The van der Waals surface area contributed by atoms with Gasteiger partial charge in [0, 0.05) is 11.8 Å². The molecule has 4 nitrogen and oxygen atoms in total. The van der Waals surface area contributed by atoms with E-state index in [0.717, 1.165) is 16.8 Å². The van der Waals surface area contributed by atoms with Crippen LogP contribution in [-0.4, -0.2) is 9.97 Å². The van der Waals surface area contributed by atoms with E-state index in [4.69, 9.17) is 10.2 Å². The van der Waals surface area contributed by atoms with Gasteiger partial charge in [0.2, 0.25) is 0 Å². The SMILES string of the molecule is Cc1oc2c(N)n[c-]nc2c1C.[Hs]. The van der Waals surface area contributed by atoms with E-state index in [1.54, 1.807) is 0 Å². The Hall–Kier alpha value is -2.58. The molecule has 0 atom stereocenters. The van der Waals surface area contributed by atoms with Gasteiger partial charge in [-0.1, -0.05) is 0 Å². The van der Waals surface area contributed by atoms with Gasteiger partial charge in [0.15, 0.2) is 0 Å². The Bertz CT molecular complexity index is 438. The van der Waals surface area contributed by atoms with Gasteiger partial charge in [-0.3, -0.25) is 0 Å². The molecule has 0 aliphatic heterocycles. The van der Waals surface area contributed by atoms with Crippen LogP contribution in [0.5, 0.6) is 0 Å². The molecule has 64 valence electrons. The zero-order valence-corrected chi connectivity index (χ0v) is 14.1. The Kier molecular flexibility index (Phi) is 1.62. The molecule has 0 unspecified atom stereocenters. The Morgan fingerprint density at radius 2 is 2.00 bits per heavy atom. The van der Waals surface area contributed by atoms with Crippen LogP contribution in [0.4, 0.5) is 5.82 Å². The number of fused-ring (bicyclic) bond motifs is 1. The van der Waals surface area contributed by atoms with Crippen molar-refractivity contribution in [3.63, 3.8) is 0 Å². The maximum absolute atomic E-state index is 5.56. The molecule has 0 radical (unpaired) electrons. The van der Waals surface area contributed by atoms with Crippen molar-refractivity contribution in [3.05, 3.63) is 17.7 Å². The van der Waals surface area contributed by atoms with Crippen molar-refractivity contribution in [2.45, 2.75) is 13.8 Å². The molecule has 0 fully saturated rings. The van der Waals surface area contributed by atoms with E-state index in [9.17, 15) is 0 Å². The van der Waals surface area contributed by atoms with Crippen LogP contribution in [0.2, 0.25) is 0 Å². The largest absolute Gasteiger partial charge is 0.483 e. The van der Waals surface area contributed by atoms with Gasteiger partial charge >= 0.3 is 0 Å². The van der Waals surface area contributed by atoms with Crippen LogP contribution >= 0.6 is 0 Å². The summed E-state index contributed by atoms with van der Waals surface area (Å²) < 4.78 is 5.36. The van der Waals surface area contributed by atoms with Gasteiger partial charge in [-0.2, -0.15) is 0 Å². The van der Waals surface area contributed by atoms with Gasteiger partial charge in [-0.25, -0.2) is 0 Å². The molecule has 0 amide bonds. The van der Waals surface area contributed by atoms with Crippen molar-refractivity contribution in [2.24, 2.45) is 0 Å². The van der Waals surface area contributed by atoms with Gasteiger partial charge in [0.1, 0.15) is 0 Å². The van der Waals surface area contributed by atoms with Gasteiger partial charge in [0.05, 0.1) is 17.2 Å². The van der Waals surface area contributed by atoms with Crippen LogP contribution in [0.15, 0.2) is 4.42 Å². The predicted octanol–water partition coefficient (Wildman–Crippen LogP) is 1.22. The zero-order chi connectivity index (χ0) is 8.72. The Labute approximate surface area is 69.4 Å². The van der Waals surface area contributed by atoms with Crippen molar-refractivity contribution >= 4 is 16.9 Å². The average molecular weight is 431 g/mol. The van der Waals surface area contributed by atoms with E-state index in [1.807, 2.05) is 13.8 Å². The van der Waals surface area contributed by atoms with Gasteiger partial charge in [-0.15, -0.1) is 0 Å². The van der Waals surface area contributed by atoms with E-state index in [1.165, 1.54) is 0 Å². The summed E-state index contributed by atoms with van der Waals surface area (Å²) in [5.41, 5.74) is 7.87. The molecular formula is C8H8HsN3O-. The molecule has 13 heavy (non-hydrogen) atoms. The maximum Gasteiger partial charge on any atom is 0.0911 e. The van der Waals surface area contributed by atoms with Gasteiger partial charge in [-0.05, 0) is 19.4 Å². The summed E-state index contributed by atoms with van der Waals surface area (Å²) in [6.45, 7) is 3.80. The maximum atomic E-state index is 5.56. The summed E-state index contributed by atoms with van der Waals surface area (Å²) in [4.78, 5) is 7.66. The van der Waals surface area contributed by atoms with Crippen LogP contribution in [0.1, 0.15) is 11.3 Å². The number of nitrogen functional groups attached to an aromatic ring is 1. The summed E-state index contributed by atoms with van der Waals surface area (Å²) in [5, 5.41) is 0. The fourth-order valence-corrected chi connectivity index (χ4v) is 1.10. The Morgan fingerprint density at radius 1 is 1.31 bits per heavy atom. The second-order valence-corrected chi connectivity index (χ2v) is 2.67. The molecule has 0 saturated carbocycles. The van der Waals surface area contributed by atoms with Crippen molar-refractivity contribution in [2.75, 3.05) is 5.73 Å². The third-order valence-electron chi connectivity index (χ3n) is 1.92. The number of hydrogen-bond donors (Lipinski definition) is 1. The number of furan rings is 1. The molecule has 2 aromatic rings. The summed E-state index contributed by atoms with van der Waals surface area (Å²) in [6, 6.07) is 0. The molecule has 0 aliphatic carbocycles. The minimum Gasteiger partial charge on any atom is -0.483 e. The number of aryl methyl sites for hydroxylation is 2. The smallest absolute Gasteiger partial charge is 0.0911 e. The molecule has 0 aromatic carbocycles. The molecule has 5 heteroatoms. The number of rotatable bonds is 0. The first kappa shape index (κ1) is 8.52. The molecule has 0 spiro atoms. The Balaban J connectivity index is 0.000000845. The molecule has 2 heterocycles. The van der Waals surface area contributed by atoms with E-state index >= 15 is 0 Å². The topological polar surface area (TPSA) is 64.9 Å². The van der Waals surface area contributed by atoms with Crippen molar-refractivity contribution in [1.29, 1.82) is 0 Å². The molecule has 2 aromatic heterocycles. The minimum atomic E-state index is 0. The van der Waals surface area contributed by atoms with E-state index in [2.05, 4.69) is 16.3 Å². The normalized spacial score (nSPS) is 10.0. The summed E-state index contributed by atoms with van der Waals surface area (Å²) in [5.74, 6) is 1.17. The van der Waals surface area contributed by atoms with E-state index in [0.29, 0.717) is 11.4 Å². The Morgan fingerprint density at radius 3 is 2.62 bits per heavy atom. The first-order valence-electron chi connectivity index (χ1n) is 3.59. The van der Waals surface area contributed by atoms with E-state index < -0.39 is 0 Å². The monoisotopic (exact) mass is 431 g/mol. The minimum absolute atomic E-state index is 0. The summed E-state index contributed by atoms with van der Waals surface area (Å²) >= 11 is 0. The number of hydrogen-bond acceptors (Lipinski definition) is 4. The average Bonchev–Trinajstić information content (AvgIpc) is 2.32. The van der Waals surface area contributed by atoms with Crippen LogP contribution < -0.4 is 5.73 Å². The number of anilines is 1. The standard InChI is InChI=1S/C8H8N3O.Hs/c1-4-5(2)12-7-6(4)10-3-11-8(7)9;/h1-2H3,(H2,9,10,11);/q-1;. The first-order valence-corrected chi connectivity index (χ1v) is 3.59. The molecular weight excluding hydrogens is 423 g/mol. The molecule has 2 rings (SSSR count). The first-order chi connectivity index (χ1) is 5.70. The fourth-order valence-electron chi connectivity index (χ4n) is 1.10. The van der Waals surface area contributed by atoms with Crippen molar-refractivity contribution in [1.82, 2.24) is 9.97 Å². The number of aromatic nitrogens is 2. The quantitative estimate of drug-likeness (QED) is 0.638. The number of nitrogens with zero attached hydrogens (tertiary/aromatic N) is 2. The second-order valence-electron chi connectivity index (χ2n) is 2.67. The molecule has 0 saturated heterocycles. The second kappa shape index (κ2) is 2.48. The van der Waals surface area contributed by atoms with Gasteiger partial charge < -0.3 is 20.1 Å². The van der Waals surface area contributed by atoms with Crippen LogP contribution in [0, 0.1) is 20.2 Å². The van der Waals surface area contributed by atoms with Crippen LogP contribution in [0.3, 0.4) is 0 Å². The summed E-state index contributed by atoms with van der Waals surface area (Å²) in [6.07, 6.45) is 2.47. The predicted molar refractivity (Wildman–Crippen MR) is 44.5 cm³/mol. The summed E-state index contributed by atoms with van der Waals surface area (Å²) in [7, 11) is 0. The molecule has 0 aliphatic rings. The third kappa shape index (κ3) is 0.946. The molecule has 2 N–H and O–H groups in total. The van der Waals surface area contributed by atoms with Crippen LogP contribution in [0.25, 0.3) is 11.1 Å². The number of nitrogens with two attached hydrogens (primary N) is 1. The zero-order valence-electron chi connectivity index (χ0n) is 7.59. The van der Waals surface area contributed by atoms with Crippen molar-refractivity contribution in [3.8, 4) is 0 Å². The van der Waals surface area contributed by atoms with Crippen LogP contribution in [-0.2, 0) is 0 Å². The fraction of sp³-hybridized carbons (Fsp3) is 0.250.